The Kier molecular flexibility index (Phi) is 18.9. The van der Waals surface area contributed by atoms with Crippen molar-refractivity contribution >= 4 is 0 Å². The van der Waals surface area contributed by atoms with Crippen LogP contribution in [-0.4, -0.2) is 24.7 Å². The molecule has 0 saturated heterocycles. The first-order valence-electron chi connectivity index (χ1n) is 14.3. The molecule has 0 saturated carbocycles. The van der Waals surface area contributed by atoms with Gasteiger partial charge in [0.25, 0.3) is 0 Å². The Labute approximate surface area is 202 Å². The molecule has 1 aromatic carbocycles. The van der Waals surface area contributed by atoms with Crippen LogP contribution in [0.3, 0.4) is 0 Å². The van der Waals surface area contributed by atoms with Gasteiger partial charge in [-0.2, -0.15) is 5.43 Å². The van der Waals surface area contributed by atoms with Gasteiger partial charge in [0.2, 0.25) is 0 Å². The maximum atomic E-state index is 3.79. The van der Waals surface area contributed by atoms with Gasteiger partial charge in [-0.3, -0.25) is 0 Å². The van der Waals surface area contributed by atoms with Crippen LogP contribution in [0.15, 0.2) is 30.3 Å². The fraction of sp³-hybridized carbons (Fsp3) is 0.800. The van der Waals surface area contributed by atoms with Crippen molar-refractivity contribution in [3.63, 3.8) is 0 Å². The molecule has 0 fully saturated rings. The van der Waals surface area contributed by atoms with Gasteiger partial charge < -0.3 is 0 Å². The van der Waals surface area contributed by atoms with E-state index in [4.69, 9.17) is 0 Å². The summed E-state index contributed by atoms with van der Waals surface area (Å²) in [5.41, 5.74) is 5.22. The molecule has 0 aliphatic carbocycles. The Hall–Kier alpha value is -0.860. The summed E-state index contributed by atoms with van der Waals surface area (Å²) in [6, 6.07) is 11.0. The molecule has 0 radical (unpaired) electrons. The van der Waals surface area contributed by atoms with E-state index in [0.29, 0.717) is 0 Å². The van der Waals surface area contributed by atoms with Crippen LogP contribution in [0.5, 0.6) is 0 Å². The molecule has 2 nitrogen and oxygen atoms in total. The van der Waals surface area contributed by atoms with Gasteiger partial charge in [0, 0.05) is 12.1 Å². The Balaban J connectivity index is 1.96. The highest BCUT2D eigenvalue weighted by molar-refractivity contribution is 5.13. The second kappa shape index (κ2) is 20.7. The second-order valence-corrected chi connectivity index (χ2v) is 10.3. The highest BCUT2D eigenvalue weighted by atomic mass is 15.6. The van der Waals surface area contributed by atoms with Gasteiger partial charge in [-0.05, 0) is 19.3 Å². The number of rotatable bonds is 23. The van der Waals surface area contributed by atoms with Gasteiger partial charge in [0.05, 0.1) is 13.6 Å². The topological polar surface area (TPSA) is 12.0 Å². The van der Waals surface area contributed by atoms with Crippen molar-refractivity contribution in [2.45, 2.75) is 136 Å². The van der Waals surface area contributed by atoms with Crippen LogP contribution in [0.2, 0.25) is 0 Å². The first-order valence-corrected chi connectivity index (χ1v) is 14.3. The van der Waals surface area contributed by atoms with E-state index in [9.17, 15) is 0 Å². The number of quaternary nitrogens is 1. The normalized spacial score (nSPS) is 13.3. The molecule has 0 aliphatic rings. The predicted octanol–water partition coefficient (Wildman–Crippen LogP) is 9.20. The highest BCUT2D eigenvalue weighted by Gasteiger charge is 2.21. The fourth-order valence-corrected chi connectivity index (χ4v) is 4.77. The van der Waals surface area contributed by atoms with E-state index in [0.717, 1.165) is 17.7 Å². The maximum absolute atomic E-state index is 3.79. The lowest BCUT2D eigenvalue weighted by Crippen LogP contribution is -2.55. The molecule has 1 aromatic rings. The van der Waals surface area contributed by atoms with Crippen molar-refractivity contribution in [2.24, 2.45) is 0 Å². The molecule has 1 N–H and O–H groups in total. The van der Waals surface area contributed by atoms with Crippen LogP contribution >= 0.6 is 0 Å². The summed E-state index contributed by atoms with van der Waals surface area (Å²) in [6.45, 7) is 7.97. The molecule has 1 atom stereocenters. The van der Waals surface area contributed by atoms with E-state index in [2.05, 4.69) is 56.7 Å². The number of hydrogen-bond donors (Lipinski definition) is 1. The Bertz CT molecular complexity index is 501. The van der Waals surface area contributed by atoms with E-state index in [1.165, 1.54) is 128 Å². The van der Waals surface area contributed by atoms with Crippen LogP contribution in [0.25, 0.3) is 0 Å². The zero-order valence-corrected chi connectivity index (χ0v) is 22.2. The second-order valence-electron chi connectivity index (χ2n) is 10.3. The van der Waals surface area contributed by atoms with E-state index in [1.807, 2.05) is 0 Å². The van der Waals surface area contributed by atoms with Crippen molar-refractivity contribution in [2.75, 3.05) is 20.1 Å². The number of hydrogen-bond acceptors (Lipinski definition) is 1. The average Bonchev–Trinajstić information content (AvgIpc) is 2.80. The van der Waals surface area contributed by atoms with Gasteiger partial charge in [0.1, 0.15) is 6.54 Å². The molecule has 32 heavy (non-hydrogen) atoms. The highest BCUT2D eigenvalue weighted by Crippen LogP contribution is 2.15. The molecule has 0 heterocycles. The Morgan fingerprint density at radius 1 is 0.562 bits per heavy atom. The van der Waals surface area contributed by atoms with E-state index < -0.39 is 0 Å². The van der Waals surface area contributed by atoms with E-state index in [1.54, 1.807) is 0 Å². The predicted molar refractivity (Wildman–Crippen MR) is 144 cm³/mol. The SMILES string of the molecule is CCCCCCCCCCCCCCCCCCC[N+](C)(Cc1ccccc1)NCCC. The summed E-state index contributed by atoms with van der Waals surface area (Å²) in [5, 5.41) is 0. The maximum Gasteiger partial charge on any atom is 0.122 e. The van der Waals surface area contributed by atoms with Crippen molar-refractivity contribution in [1.82, 2.24) is 5.43 Å². The number of unbranched alkanes of at least 4 members (excludes halogenated alkanes) is 16. The molecular formula is C30H57N2+. The van der Waals surface area contributed by atoms with Gasteiger partial charge >= 0.3 is 0 Å². The van der Waals surface area contributed by atoms with Crippen molar-refractivity contribution in [3.05, 3.63) is 35.9 Å². The van der Waals surface area contributed by atoms with Crippen molar-refractivity contribution in [3.8, 4) is 0 Å². The molecule has 2 heteroatoms. The number of nitrogens with zero attached hydrogens (tertiary/aromatic N) is 1. The zero-order chi connectivity index (χ0) is 23.2. The summed E-state index contributed by atoms with van der Waals surface area (Å²) in [6.07, 6.45) is 25.7. The van der Waals surface area contributed by atoms with Gasteiger partial charge in [-0.25, -0.2) is 4.59 Å². The zero-order valence-electron chi connectivity index (χ0n) is 22.2. The standard InChI is InChI=1S/C30H57N2/c1-4-6-7-8-9-10-11-12-13-14-15-16-17-18-19-20-24-28-32(3,31-27-5-2)29-30-25-22-21-23-26-30/h21-23,25-26,31H,4-20,24,27-29H2,1-3H3/q+1. The Morgan fingerprint density at radius 2 is 1.00 bits per heavy atom. The first kappa shape index (κ1) is 29.2. The monoisotopic (exact) mass is 445 g/mol. The van der Waals surface area contributed by atoms with Crippen LogP contribution in [0.4, 0.5) is 0 Å². The van der Waals surface area contributed by atoms with Crippen molar-refractivity contribution in [1.29, 1.82) is 0 Å². The quantitative estimate of drug-likeness (QED) is 0.100. The third kappa shape index (κ3) is 16.7. The molecule has 1 rings (SSSR count). The van der Waals surface area contributed by atoms with Crippen LogP contribution in [0.1, 0.15) is 135 Å². The van der Waals surface area contributed by atoms with Gasteiger partial charge in [0.15, 0.2) is 0 Å². The third-order valence-corrected chi connectivity index (χ3v) is 6.87. The minimum Gasteiger partial charge on any atom is -0.244 e. The molecule has 0 aliphatic heterocycles. The smallest absolute Gasteiger partial charge is 0.122 e. The molecule has 0 aromatic heterocycles. The summed E-state index contributed by atoms with van der Waals surface area (Å²) >= 11 is 0. The fourth-order valence-electron chi connectivity index (χ4n) is 4.77. The largest absolute Gasteiger partial charge is 0.244 e. The summed E-state index contributed by atoms with van der Waals surface area (Å²) in [4.78, 5) is 0. The molecule has 186 valence electrons. The van der Waals surface area contributed by atoms with Gasteiger partial charge in [-0.1, -0.05) is 140 Å². The number of nitrogens with one attached hydrogen (secondary N) is 1. The molecular weight excluding hydrogens is 388 g/mol. The lowest BCUT2D eigenvalue weighted by Gasteiger charge is -2.34. The van der Waals surface area contributed by atoms with Gasteiger partial charge in [-0.15, -0.1) is 0 Å². The lowest BCUT2D eigenvalue weighted by atomic mass is 10.0. The molecule has 1 unspecified atom stereocenters. The van der Waals surface area contributed by atoms with Crippen LogP contribution in [0, 0.1) is 0 Å². The number of benzene rings is 1. The molecule has 0 bridgehead atoms. The summed E-state index contributed by atoms with van der Waals surface area (Å²) < 4.78 is 0.969. The van der Waals surface area contributed by atoms with E-state index >= 15 is 0 Å². The molecule has 0 spiro atoms. The van der Waals surface area contributed by atoms with E-state index in [-0.39, 0.29) is 0 Å². The van der Waals surface area contributed by atoms with Crippen LogP contribution in [-0.2, 0) is 6.54 Å². The van der Waals surface area contributed by atoms with Crippen molar-refractivity contribution < 1.29 is 4.59 Å². The lowest BCUT2D eigenvalue weighted by molar-refractivity contribution is -0.965. The Morgan fingerprint density at radius 3 is 1.44 bits per heavy atom. The molecule has 0 amide bonds. The summed E-state index contributed by atoms with van der Waals surface area (Å²) in [7, 11) is 2.37. The summed E-state index contributed by atoms with van der Waals surface area (Å²) in [5.74, 6) is 0. The third-order valence-electron chi connectivity index (χ3n) is 6.87. The van der Waals surface area contributed by atoms with Crippen LogP contribution < -0.4 is 5.43 Å². The minimum absolute atomic E-state index is 0.969. The minimum atomic E-state index is 0.969. The first-order chi connectivity index (χ1) is 15.7. The average molecular weight is 446 g/mol.